The van der Waals surface area contributed by atoms with Crippen LogP contribution >= 0.6 is 0 Å². The largest absolute Gasteiger partial charge is 1.00 e. The van der Waals surface area contributed by atoms with Crippen LogP contribution in [0, 0.1) is 0 Å². The Morgan fingerprint density at radius 3 is 2.09 bits per heavy atom. The van der Waals surface area contributed by atoms with Gasteiger partial charge in [0.05, 0.1) is 0 Å². The van der Waals surface area contributed by atoms with Gasteiger partial charge in [0.15, 0.2) is 0 Å². The molecule has 0 spiro atoms. The summed E-state index contributed by atoms with van der Waals surface area (Å²) in [6.45, 7) is -0.260. The SMILES string of the molecule is C=C(CN1CC1)[B-](F)(F)F.[K+]. The molecule has 1 nitrogen and oxygen atoms in total. The van der Waals surface area contributed by atoms with Crippen LogP contribution in [0.5, 0.6) is 0 Å². The third-order valence-electron chi connectivity index (χ3n) is 1.43. The van der Waals surface area contributed by atoms with Crippen molar-refractivity contribution in [2.45, 2.75) is 0 Å². The summed E-state index contributed by atoms with van der Waals surface area (Å²) in [5.74, 6) is 0. The van der Waals surface area contributed by atoms with Crippen molar-refractivity contribution in [3.63, 3.8) is 0 Å². The molecule has 0 unspecified atom stereocenters. The Balaban J connectivity index is 0.000001000. The summed E-state index contributed by atoms with van der Waals surface area (Å²) in [6, 6.07) is 0. The summed E-state index contributed by atoms with van der Waals surface area (Å²) < 4.78 is 35.3. The molecule has 1 saturated heterocycles. The molecule has 0 aromatic heterocycles. The summed E-state index contributed by atoms with van der Waals surface area (Å²) in [5.41, 5.74) is -0.586. The van der Waals surface area contributed by atoms with Gasteiger partial charge in [-0.05, 0) is 6.54 Å². The Kier molecular flexibility index (Phi) is 4.91. The minimum absolute atomic E-state index is 0. The van der Waals surface area contributed by atoms with Gasteiger partial charge in [-0.15, -0.1) is 12.1 Å². The van der Waals surface area contributed by atoms with E-state index in [-0.39, 0.29) is 57.9 Å². The van der Waals surface area contributed by atoms with Gasteiger partial charge in [-0.2, -0.15) is 0 Å². The quantitative estimate of drug-likeness (QED) is 0.376. The Labute approximate surface area is 106 Å². The molecule has 11 heavy (non-hydrogen) atoms. The van der Waals surface area contributed by atoms with E-state index >= 15 is 0 Å². The first-order chi connectivity index (χ1) is 4.50. The van der Waals surface area contributed by atoms with Gasteiger partial charge in [0.25, 0.3) is 0 Å². The van der Waals surface area contributed by atoms with Crippen molar-refractivity contribution in [3.8, 4) is 0 Å². The fourth-order valence-corrected chi connectivity index (χ4v) is 0.620. The fourth-order valence-electron chi connectivity index (χ4n) is 0.620. The van der Waals surface area contributed by atoms with Crippen LogP contribution in [0.3, 0.4) is 0 Å². The Bertz CT molecular complexity index is 154. The maximum atomic E-state index is 11.8. The van der Waals surface area contributed by atoms with Crippen molar-refractivity contribution in [3.05, 3.63) is 12.1 Å². The van der Waals surface area contributed by atoms with E-state index in [9.17, 15) is 12.9 Å². The standard InChI is InChI=1S/C5H8BF3N.K/c1-5(6(7,8)9)4-10-2-3-10;/h1-4H2;/q-1;+1. The number of hydrogen-bond donors (Lipinski definition) is 0. The van der Waals surface area contributed by atoms with Crippen LogP contribution in [-0.2, 0) is 0 Å². The first-order valence-electron chi connectivity index (χ1n) is 3.10. The van der Waals surface area contributed by atoms with Gasteiger partial charge in [-0.1, -0.05) is 0 Å². The summed E-state index contributed by atoms with van der Waals surface area (Å²) in [5, 5.41) is 0. The van der Waals surface area contributed by atoms with E-state index in [0.717, 1.165) is 13.1 Å². The molecule has 0 radical (unpaired) electrons. The van der Waals surface area contributed by atoms with Crippen molar-refractivity contribution in [2.24, 2.45) is 0 Å². The molecule has 0 atom stereocenters. The molecule has 0 amide bonds. The minimum Gasteiger partial charge on any atom is -0.445 e. The van der Waals surface area contributed by atoms with Gasteiger partial charge in [-0.3, -0.25) is 4.90 Å². The predicted molar refractivity (Wildman–Crippen MR) is 34.7 cm³/mol. The van der Waals surface area contributed by atoms with Crippen molar-refractivity contribution < 1.29 is 64.3 Å². The average molecular weight is 189 g/mol. The van der Waals surface area contributed by atoms with Gasteiger partial charge in [0.2, 0.25) is 0 Å². The van der Waals surface area contributed by atoms with Gasteiger partial charge in [-0.25, -0.2) is 0 Å². The number of nitrogens with zero attached hydrogens (tertiary/aromatic N) is 1. The van der Waals surface area contributed by atoms with Crippen LogP contribution in [0.2, 0.25) is 0 Å². The van der Waals surface area contributed by atoms with Crippen molar-refractivity contribution in [1.82, 2.24) is 4.90 Å². The van der Waals surface area contributed by atoms with E-state index in [4.69, 9.17) is 0 Å². The van der Waals surface area contributed by atoms with Crippen LogP contribution in [0.4, 0.5) is 12.9 Å². The Hall–Kier alpha value is 1.19. The molecule has 58 valence electrons. The molecule has 0 aromatic carbocycles. The molecule has 1 aliphatic heterocycles. The molecule has 1 aliphatic rings. The zero-order valence-electron chi connectivity index (χ0n) is 6.49. The van der Waals surface area contributed by atoms with E-state index in [1.54, 1.807) is 4.90 Å². The molecule has 0 bridgehead atoms. The molecule has 0 N–H and O–H groups in total. The fraction of sp³-hybridized carbons (Fsp3) is 0.600. The molecule has 0 aromatic rings. The molecule has 1 fully saturated rings. The normalized spacial score (nSPS) is 17.4. The van der Waals surface area contributed by atoms with Gasteiger partial charge < -0.3 is 12.9 Å². The second kappa shape index (κ2) is 4.43. The van der Waals surface area contributed by atoms with E-state index in [2.05, 4.69) is 6.58 Å². The van der Waals surface area contributed by atoms with Crippen molar-refractivity contribution in [2.75, 3.05) is 19.6 Å². The van der Waals surface area contributed by atoms with Crippen LogP contribution in [0.15, 0.2) is 12.1 Å². The van der Waals surface area contributed by atoms with Crippen molar-refractivity contribution in [1.29, 1.82) is 0 Å². The number of rotatable bonds is 3. The summed E-state index contributed by atoms with van der Waals surface area (Å²) >= 11 is 0. The molecule has 1 heterocycles. The molecule has 0 aliphatic carbocycles. The smallest absolute Gasteiger partial charge is 0.445 e. The first-order valence-corrected chi connectivity index (χ1v) is 3.10. The van der Waals surface area contributed by atoms with Crippen LogP contribution in [-0.4, -0.2) is 31.5 Å². The van der Waals surface area contributed by atoms with Crippen LogP contribution in [0.1, 0.15) is 0 Å². The molecule has 6 heteroatoms. The maximum Gasteiger partial charge on any atom is 1.00 e. The number of halogens is 3. The van der Waals surface area contributed by atoms with Crippen molar-refractivity contribution >= 4 is 6.98 Å². The average Bonchev–Trinajstić information content (AvgIpc) is 2.47. The monoisotopic (exact) mass is 189 g/mol. The zero-order valence-corrected chi connectivity index (χ0v) is 9.61. The maximum absolute atomic E-state index is 11.8. The van der Waals surface area contributed by atoms with E-state index in [1.807, 2.05) is 0 Å². The van der Waals surface area contributed by atoms with Gasteiger partial charge in [0.1, 0.15) is 0 Å². The summed E-state index contributed by atoms with van der Waals surface area (Å²) in [4.78, 5) is 1.69. The van der Waals surface area contributed by atoms with Gasteiger partial charge >= 0.3 is 58.4 Å². The Morgan fingerprint density at radius 1 is 1.36 bits per heavy atom. The molecular weight excluding hydrogens is 181 g/mol. The third kappa shape index (κ3) is 4.69. The second-order valence-electron chi connectivity index (χ2n) is 2.51. The summed E-state index contributed by atoms with van der Waals surface area (Å²) in [7, 11) is 0. The predicted octanol–water partition coefficient (Wildman–Crippen LogP) is -1.75. The first kappa shape index (κ1) is 12.2. The van der Waals surface area contributed by atoms with Crippen LogP contribution in [0.25, 0.3) is 0 Å². The molecular formula is C5H8BF3KN. The third-order valence-corrected chi connectivity index (χ3v) is 1.43. The Morgan fingerprint density at radius 2 is 1.82 bits per heavy atom. The molecule has 0 saturated carbocycles. The van der Waals surface area contributed by atoms with E-state index < -0.39 is 12.4 Å². The van der Waals surface area contributed by atoms with E-state index in [1.165, 1.54) is 0 Å². The van der Waals surface area contributed by atoms with Gasteiger partial charge in [0, 0.05) is 13.1 Å². The van der Waals surface area contributed by atoms with E-state index in [0.29, 0.717) is 0 Å². The zero-order chi connectivity index (χ0) is 7.78. The van der Waals surface area contributed by atoms with Crippen LogP contribution < -0.4 is 51.4 Å². The second-order valence-corrected chi connectivity index (χ2v) is 2.51. The summed E-state index contributed by atoms with van der Waals surface area (Å²) in [6.07, 6.45) is 0. The topological polar surface area (TPSA) is 3.01 Å². The molecule has 1 rings (SSSR count). The minimum atomic E-state index is -4.80. The number of hydrogen-bond acceptors (Lipinski definition) is 1.